The van der Waals surface area contributed by atoms with E-state index in [-0.39, 0.29) is 35.3 Å². The second-order valence-electron chi connectivity index (χ2n) is 8.04. The van der Waals surface area contributed by atoms with Crippen molar-refractivity contribution in [1.29, 1.82) is 0 Å². The molecule has 184 valence electrons. The third kappa shape index (κ3) is 7.14. The summed E-state index contributed by atoms with van der Waals surface area (Å²) in [5.74, 6) is -0.776. The number of aryl methyl sites for hydroxylation is 1. The van der Waals surface area contributed by atoms with Crippen molar-refractivity contribution in [3.8, 4) is 5.75 Å². The number of ether oxygens (including phenoxy) is 2. The highest BCUT2D eigenvalue weighted by Gasteiger charge is 2.24. The molecule has 0 aliphatic carbocycles. The van der Waals surface area contributed by atoms with Crippen LogP contribution in [0.25, 0.3) is 0 Å². The Balaban J connectivity index is 1.79. The van der Waals surface area contributed by atoms with Crippen LogP contribution in [0.1, 0.15) is 27.6 Å². The predicted octanol–water partition coefficient (Wildman–Crippen LogP) is 3.34. The normalized spacial score (nSPS) is 12.0. The lowest BCUT2D eigenvalue weighted by Gasteiger charge is -2.20. The molecule has 8 nitrogen and oxygen atoms in total. The van der Waals surface area contributed by atoms with Crippen LogP contribution >= 0.6 is 0 Å². The number of sulfonamides is 1. The lowest BCUT2D eigenvalue weighted by molar-refractivity contribution is -0.130. The quantitative estimate of drug-likeness (QED) is 0.432. The van der Waals surface area contributed by atoms with E-state index in [2.05, 4.69) is 4.72 Å². The minimum Gasteiger partial charge on any atom is -0.483 e. The third-order valence-electron chi connectivity index (χ3n) is 5.17. The molecule has 0 aliphatic heterocycles. The van der Waals surface area contributed by atoms with Crippen LogP contribution in [-0.2, 0) is 19.6 Å². The zero-order chi connectivity index (χ0) is 25.4. The molecule has 35 heavy (non-hydrogen) atoms. The van der Waals surface area contributed by atoms with Crippen LogP contribution in [0, 0.1) is 6.92 Å². The zero-order valence-corrected chi connectivity index (χ0v) is 20.6. The van der Waals surface area contributed by atoms with Gasteiger partial charge in [-0.1, -0.05) is 60.2 Å². The summed E-state index contributed by atoms with van der Waals surface area (Å²) in [7, 11) is -0.613. The van der Waals surface area contributed by atoms with Crippen molar-refractivity contribution >= 4 is 21.9 Å². The van der Waals surface area contributed by atoms with Crippen LogP contribution in [-0.4, -0.2) is 52.4 Å². The number of hydrogen-bond acceptors (Lipinski definition) is 6. The Morgan fingerprint density at radius 2 is 1.54 bits per heavy atom. The number of nitrogens with zero attached hydrogens (tertiary/aromatic N) is 1. The molecular formula is C26H28N2O6S. The average molecular weight is 497 g/mol. The molecule has 0 saturated carbocycles. The molecule has 0 radical (unpaired) electrons. The highest BCUT2D eigenvalue weighted by Crippen LogP contribution is 2.24. The fraction of sp³-hybridized carbons (Fsp3) is 0.231. The van der Waals surface area contributed by atoms with Gasteiger partial charge in [-0.2, -0.15) is 0 Å². The SMILES string of the molecule is Cc1ccc(S(=O)(=O)NCC(OC(=O)c2ccccc2OCC(=O)N(C)C)c2ccccc2)cc1. The minimum absolute atomic E-state index is 0.116. The number of nitrogens with one attached hydrogen (secondary N) is 1. The van der Waals surface area contributed by atoms with Gasteiger partial charge in [0.1, 0.15) is 17.4 Å². The molecule has 3 rings (SSSR count). The molecule has 1 N–H and O–H groups in total. The molecule has 3 aromatic carbocycles. The Morgan fingerprint density at radius 3 is 2.20 bits per heavy atom. The van der Waals surface area contributed by atoms with Crippen LogP contribution in [0.5, 0.6) is 5.75 Å². The van der Waals surface area contributed by atoms with Gasteiger partial charge in [-0.05, 0) is 36.8 Å². The lowest BCUT2D eigenvalue weighted by atomic mass is 10.1. The summed E-state index contributed by atoms with van der Waals surface area (Å²) < 4.78 is 39.4. The molecule has 1 unspecified atom stereocenters. The first-order chi connectivity index (χ1) is 16.7. The summed E-state index contributed by atoms with van der Waals surface area (Å²) in [6.07, 6.45) is -0.902. The standard InChI is InChI=1S/C26H28N2O6S/c1-19-13-15-21(16-14-19)35(31,32)27-17-24(20-9-5-4-6-10-20)34-26(30)22-11-7-8-12-23(22)33-18-25(29)28(2)3/h4-16,24,27H,17-18H2,1-3H3. The van der Waals surface area contributed by atoms with E-state index in [1.54, 1.807) is 68.7 Å². The van der Waals surface area contributed by atoms with Crippen LogP contribution in [0.15, 0.2) is 83.8 Å². The summed E-state index contributed by atoms with van der Waals surface area (Å²) in [5.41, 5.74) is 1.68. The smallest absolute Gasteiger partial charge is 0.342 e. The van der Waals surface area contributed by atoms with Crippen LogP contribution in [0.2, 0.25) is 0 Å². The van der Waals surface area contributed by atoms with Gasteiger partial charge in [0.15, 0.2) is 6.61 Å². The van der Waals surface area contributed by atoms with Crippen molar-refractivity contribution in [3.05, 3.63) is 95.6 Å². The molecule has 9 heteroatoms. The molecule has 0 aromatic heterocycles. The zero-order valence-electron chi connectivity index (χ0n) is 19.8. The summed E-state index contributed by atoms with van der Waals surface area (Å²) in [5, 5.41) is 0. The molecule has 0 spiro atoms. The maximum atomic E-state index is 13.1. The summed E-state index contributed by atoms with van der Waals surface area (Å²) >= 11 is 0. The van der Waals surface area contributed by atoms with Gasteiger partial charge in [0.2, 0.25) is 10.0 Å². The molecule has 0 bridgehead atoms. The van der Waals surface area contributed by atoms with Gasteiger partial charge in [0.25, 0.3) is 5.91 Å². The first kappa shape index (κ1) is 25.9. The highest BCUT2D eigenvalue weighted by molar-refractivity contribution is 7.89. The van der Waals surface area contributed by atoms with E-state index in [9.17, 15) is 18.0 Å². The largest absolute Gasteiger partial charge is 0.483 e. The van der Waals surface area contributed by atoms with E-state index >= 15 is 0 Å². The van der Waals surface area contributed by atoms with Crippen LogP contribution in [0.4, 0.5) is 0 Å². The van der Waals surface area contributed by atoms with Crippen molar-refractivity contribution in [2.75, 3.05) is 27.2 Å². The number of rotatable bonds is 10. The van der Waals surface area contributed by atoms with Crippen molar-refractivity contribution in [2.24, 2.45) is 0 Å². The van der Waals surface area contributed by atoms with E-state index in [0.717, 1.165) is 5.56 Å². The maximum Gasteiger partial charge on any atom is 0.342 e. The number of likely N-dealkylation sites (N-methyl/N-ethyl adjacent to an activating group) is 1. The van der Waals surface area contributed by atoms with Crippen molar-refractivity contribution < 1.29 is 27.5 Å². The first-order valence-electron chi connectivity index (χ1n) is 10.9. The maximum absolute atomic E-state index is 13.1. The second-order valence-corrected chi connectivity index (χ2v) is 9.81. The fourth-order valence-electron chi connectivity index (χ4n) is 3.10. The van der Waals surface area contributed by atoms with Crippen molar-refractivity contribution in [2.45, 2.75) is 17.9 Å². The van der Waals surface area contributed by atoms with Gasteiger partial charge in [0, 0.05) is 14.1 Å². The lowest BCUT2D eigenvalue weighted by Crippen LogP contribution is -2.31. The third-order valence-corrected chi connectivity index (χ3v) is 6.61. The second kappa shape index (κ2) is 11.6. The van der Waals surface area contributed by atoms with Gasteiger partial charge >= 0.3 is 5.97 Å². The van der Waals surface area contributed by atoms with E-state index < -0.39 is 22.1 Å². The first-order valence-corrected chi connectivity index (χ1v) is 12.4. The number of para-hydroxylation sites is 1. The van der Waals surface area contributed by atoms with Crippen LogP contribution in [0.3, 0.4) is 0 Å². The van der Waals surface area contributed by atoms with Gasteiger partial charge in [0.05, 0.1) is 11.4 Å². The van der Waals surface area contributed by atoms with E-state index in [1.165, 1.54) is 23.1 Å². The topological polar surface area (TPSA) is 102 Å². The Morgan fingerprint density at radius 1 is 0.914 bits per heavy atom. The Bertz CT molecular complexity index is 1260. The number of benzene rings is 3. The van der Waals surface area contributed by atoms with Gasteiger partial charge in [-0.15, -0.1) is 0 Å². The Hall–Kier alpha value is -3.69. The molecule has 1 amide bonds. The summed E-state index contributed by atoms with van der Waals surface area (Å²) in [6, 6.07) is 21.7. The molecule has 0 fully saturated rings. The molecule has 0 aliphatic rings. The van der Waals surface area contributed by atoms with Gasteiger partial charge in [-0.3, -0.25) is 4.79 Å². The van der Waals surface area contributed by atoms with Crippen molar-refractivity contribution in [1.82, 2.24) is 9.62 Å². The summed E-state index contributed by atoms with van der Waals surface area (Å²) in [6.45, 7) is 1.45. The number of hydrogen-bond donors (Lipinski definition) is 1. The van der Waals surface area contributed by atoms with E-state index in [0.29, 0.717) is 5.56 Å². The monoisotopic (exact) mass is 496 g/mol. The number of amides is 1. The number of carbonyl (C=O) groups excluding carboxylic acids is 2. The Labute approximate surface area is 205 Å². The Kier molecular flexibility index (Phi) is 8.62. The van der Waals surface area contributed by atoms with Gasteiger partial charge in [-0.25, -0.2) is 17.9 Å². The molecule has 1 atom stereocenters. The summed E-state index contributed by atoms with van der Waals surface area (Å²) in [4.78, 5) is 26.5. The van der Waals surface area contributed by atoms with E-state index in [1.807, 2.05) is 13.0 Å². The van der Waals surface area contributed by atoms with Crippen LogP contribution < -0.4 is 9.46 Å². The van der Waals surface area contributed by atoms with Gasteiger partial charge < -0.3 is 14.4 Å². The average Bonchev–Trinajstić information content (AvgIpc) is 2.85. The fourth-order valence-corrected chi connectivity index (χ4v) is 4.14. The number of carbonyl (C=O) groups is 2. The molecule has 0 saturated heterocycles. The van der Waals surface area contributed by atoms with E-state index in [4.69, 9.17) is 9.47 Å². The van der Waals surface area contributed by atoms with Crippen molar-refractivity contribution in [3.63, 3.8) is 0 Å². The number of esters is 1. The minimum atomic E-state index is -3.82. The molecule has 0 heterocycles. The highest BCUT2D eigenvalue weighted by atomic mass is 32.2. The predicted molar refractivity (Wildman–Crippen MR) is 132 cm³/mol. The molecular weight excluding hydrogens is 468 g/mol. The molecule has 3 aromatic rings.